The summed E-state index contributed by atoms with van der Waals surface area (Å²) >= 11 is 0. The zero-order valence-corrected chi connectivity index (χ0v) is 19.2. The van der Waals surface area contributed by atoms with Crippen LogP contribution in [0.25, 0.3) is 0 Å². The fourth-order valence-corrected chi connectivity index (χ4v) is 3.77. The maximum absolute atomic E-state index is 12.4. The molecular formula is C19H35IN4O3. The molecule has 2 rings (SSSR count). The van der Waals surface area contributed by atoms with Gasteiger partial charge in [0.1, 0.15) is 0 Å². The van der Waals surface area contributed by atoms with Crippen LogP contribution in [-0.4, -0.2) is 74.0 Å². The third-order valence-corrected chi connectivity index (χ3v) is 5.26. The lowest BCUT2D eigenvalue weighted by Crippen LogP contribution is -2.47. The van der Waals surface area contributed by atoms with Gasteiger partial charge in [0.25, 0.3) is 0 Å². The average Bonchev–Trinajstić information content (AvgIpc) is 2.65. The summed E-state index contributed by atoms with van der Waals surface area (Å²) in [6, 6.07) is 0. The summed E-state index contributed by atoms with van der Waals surface area (Å²) < 4.78 is 5.11. The zero-order chi connectivity index (χ0) is 18.9. The summed E-state index contributed by atoms with van der Waals surface area (Å²) in [7, 11) is 1.76. The Labute approximate surface area is 180 Å². The van der Waals surface area contributed by atoms with Gasteiger partial charge in [-0.15, -0.1) is 24.0 Å². The number of piperidine rings is 2. The van der Waals surface area contributed by atoms with Gasteiger partial charge in [0.15, 0.2) is 5.96 Å². The number of nitrogens with zero attached hydrogens (tertiary/aromatic N) is 3. The van der Waals surface area contributed by atoms with Crippen molar-refractivity contribution in [1.82, 2.24) is 15.1 Å². The first-order chi connectivity index (χ1) is 12.5. The molecule has 1 unspecified atom stereocenters. The monoisotopic (exact) mass is 494 g/mol. The Hall–Kier alpha value is -1.06. The van der Waals surface area contributed by atoms with Gasteiger partial charge < -0.3 is 19.9 Å². The molecule has 0 aromatic heterocycles. The molecule has 0 aliphatic carbocycles. The number of ether oxygens (including phenoxy) is 1. The molecule has 1 amide bonds. The number of esters is 1. The second-order valence-corrected chi connectivity index (χ2v) is 7.32. The van der Waals surface area contributed by atoms with Gasteiger partial charge in [-0.05, 0) is 38.5 Å². The Balaban J connectivity index is 0.00000364. The number of hydrogen-bond donors (Lipinski definition) is 1. The van der Waals surface area contributed by atoms with Crippen LogP contribution >= 0.6 is 24.0 Å². The normalized spacial score (nSPS) is 21.4. The molecule has 7 nitrogen and oxygen atoms in total. The minimum atomic E-state index is -0.0866. The number of halogens is 1. The van der Waals surface area contributed by atoms with Crippen LogP contribution in [0.15, 0.2) is 4.99 Å². The number of likely N-dealkylation sites (tertiary alicyclic amines) is 2. The summed E-state index contributed by atoms with van der Waals surface area (Å²) in [5, 5.41) is 3.30. The Morgan fingerprint density at radius 2 is 1.85 bits per heavy atom. The second-order valence-electron chi connectivity index (χ2n) is 7.32. The minimum Gasteiger partial charge on any atom is -0.466 e. The lowest BCUT2D eigenvalue weighted by Gasteiger charge is -2.33. The van der Waals surface area contributed by atoms with Gasteiger partial charge >= 0.3 is 5.97 Å². The molecule has 2 aliphatic heterocycles. The predicted octanol–water partition coefficient (Wildman–Crippen LogP) is 2.10. The molecule has 2 aliphatic rings. The Kier molecular flexibility index (Phi) is 11.0. The lowest BCUT2D eigenvalue weighted by atomic mass is 9.97. The van der Waals surface area contributed by atoms with E-state index in [1.165, 1.54) is 6.42 Å². The summed E-state index contributed by atoms with van der Waals surface area (Å²) in [6.07, 6.45) is 4.38. The maximum Gasteiger partial charge on any atom is 0.309 e. The quantitative estimate of drug-likeness (QED) is 0.274. The van der Waals surface area contributed by atoms with E-state index in [9.17, 15) is 9.59 Å². The van der Waals surface area contributed by atoms with E-state index in [0.717, 1.165) is 51.4 Å². The van der Waals surface area contributed by atoms with Gasteiger partial charge in [0.2, 0.25) is 5.91 Å². The van der Waals surface area contributed by atoms with E-state index in [1.807, 2.05) is 11.8 Å². The fraction of sp³-hybridized carbons (Fsp3) is 0.842. The highest BCUT2D eigenvalue weighted by Crippen LogP contribution is 2.19. The number of aliphatic imine (C=N–C) groups is 1. The number of amides is 1. The summed E-state index contributed by atoms with van der Waals surface area (Å²) in [5.74, 6) is 1.55. The van der Waals surface area contributed by atoms with Crippen molar-refractivity contribution in [1.29, 1.82) is 0 Å². The van der Waals surface area contributed by atoms with E-state index in [0.29, 0.717) is 25.5 Å². The molecule has 0 bridgehead atoms. The molecule has 0 spiro atoms. The van der Waals surface area contributed by atoms with Crippen LogP contribution in [0, 0.1) is 11.8 Å². The molecule has 27 heavy (non-hydrogen) atoms. The standard InChI is InChI=1S/C19H34N4O3.HI/c1-4-26-18(25)16-8-12-22(13-9-16)19(20-3)21-10-7-17(24)23-11-5-6-15(2)14-23;/h15-16H,4-14H2,1-3H3,(H,20,21);1H. The van der Waals surface area contributed by atoms with Gasteiger partial charge in [-0.1, -0.05) is 6.92 Å². The highest BCUT2D eigenvalue weighted by atomic mass is 127. The highest BCUT2D eigenvalue weighted by Gasteiger charge is 2.27. The van der Waals surface area contributed by atoms with E-state index in [4.69, 9.17) is 4.74 Å². The van der Waals surface area contributed by atoms with Gasteiger partial charge in [-0.25, -0.2) is 0 Å². The summed E-state index contributed by atoms with van der Waals surface area (Å²) in [5.41, 5.74) is 0. The number of rotatable bonds is 5. The first kappa shape index (κ1) is 24.0. The largest absolute Gasteiger partial charge is 0.466 e. The topological polar surface area (TPSA) is 74.2 Å². The van der Waals surface area contributed by atoms with Crippen LogP contribution < -0.4 is 5.32 Å². The second kappa shape index (κ2) is 12.4. The van der Waals surface area contributed by atoms with Gasteiger partial charge in [0.05, 0.1) is 12.5 Å². The van der Waals surface area contributed by atoms with Crippen LogP contribution in [0.4, 0.5) is 0 Å². The highest BCUT2D eigenvalue weighted by molar-refractivity contribution is 14.0. The SMILES string of the molecule is CCOC(=O)C1CCN(C(=NC)NCCC(=O)N2CCCC(C)C2)CC1.I. The van der Waals surface area contributed by atoms with Crippen molar-refractivity contribution >= 4 is 41.8 Å². The molecule has 0 aromatic rings. The summed E-state index contributed by atoms with van der Waals surface area (Å²) in [6.45, 7) is 8.40. The first-order valence-electron chi connectivity index (χ1n) is 9.95. The van der Waals surface area contributed by atoms with E-state index in [1.54, 1.807) is 7.05 Å². The fourth-order valence-electron chi connectivity index (χ4n) is 3.77. The smallest absolute Gasteiger partial charge is 0.309 e. The van der Waals surface area contributed by atoms with Crippen LogP contribution in [0.2, 0.25) is 0 Å². The molecule has 156 valence electrons. The number of nitrogens with one attached hydrogen (secondary N) is 1. The molecule has 8 heteroatoms. The van der Waals surface area contributed by atoms with Crippen molar-refractivity contribution in [3.8, 4) is 0 Å². The zero-order valence-electron chi connectivity index (χ0n) is 16.9. The van der Waals surface area contributed by atoms with Crippen molar-refractivity contribution in [2.75, 3.05) is 46.4 Å². The van der Waals surface area contributed by atoms with Crippen molar-refractivity contribution < 1.29 is 14.3 Å². The van der Waals surface area contributed by atoms with E-state index >= 15 is 0 Å². The van der Waals surface area contributed by atoms with Crippen LogP contribution in [0.3, 0.4) is 0 Å². The number of guanidine groups is 1. The third-order valence-electron chi connectivity index (χ3n) is 5.26. The molecule has 1 atom stereocenters. The van der Waals surface area contributed by atoms with E-state index in [2.05, 4.69) is 22.1 Å². The maximum atomic E-state index is 12.4. The molecule has 2 saturated heterocycles. The average molecular weight is 494 g/mol. The minimum absolute atomic E-state index is 0. The molecular weight excluding hydrogens is 459 g/mol. The van der Waals surface area contributed by atoms with Gasteiger partial charge in [-0.2, -0.15) is 0 Å². The molecule has 0 radical (unpaired) electrons. The lowest BCUT2D eigenvalue weighted by molar-refractivity contribution is -0.149. The molecule has 1 N–H and O–H groups in total. The van der Waals surface area contributed by atoms with Crippen molar-refractivity contribution in [2.24, 2.45) is 16.8 Å². The molecule has 0 aromatic carbocycles. The third kappa shape index (κ3) is 7.46. The molecule has 2 fully saturated rings. The number of carbonyl (C=O) groups is 2. The Morgan fingerprint density at radius 1 is 1.15 bits per heavy atom. The van der Waals surface area contributed by atoms with Crippen molar-refractivity contribution in [3.63, 3.8) is 0 Å². The summed E-state index contributed by atoms with van der Waals surface area (Å²) in [4.78, 5) is 32.7. The first-order valence-corrected chi connectivity index (χ1v) is 9.95. The Morgan fingerprint density at radius 3 is 2.44 bits per heavy atom. The van der Waals surface area contributed by atoms with Gasteiger partial charge in [-0.3, -0.25) is 14.6 Å². The predicted molar refractivity (Wildman–Crippen MR) is 117 cm³/mol. The molecule has 0 saturated carbocycles. The van der Waals surface area contributed by atoms with E-state index < -0.39 is 0 Å². The van der Waals surface area contributed by atoms with Crippen molar-refractivity contribution in [2.45, 2.75) is 46.0 Å². The van der Waals surface area contributed by atoms with Gasteiger partial charge in [0, 0.05) is 46.2 Å². The van der Waals surface area contributed by atoms with Crippen LogP contribution in [-0.2, 0) is 14.3 Å². The van der Waals surface area contributed by atoms with Crippen LogP contribution in [0.5, 0.6) is 0 Å². The van der Waals surface area contributed by atoms with Crippen LogP contribution in [0.1, 0.15) is 46.0 Å². The van der Waals surface area contributed by atoms with E-state index in [-0.39, 0.29) is 41.8 Å². The van der Waals surface area contributed by atoms with Crippen molar-refractivity contribution in [3.05, 3.63) is 0 Å². The molecule has 2 heterocycles. The number of hydrogen-bond acceptors (Lipinski definition) is 4. The Bertz CT molecular complexity index is 507. The number of carbonyl (C=O) groups excluding carboxylic acids is 2.